The molecule has 156 valence electrons. The van der Waals surface area contributed by atoms with Gasteiger partial charge in [0, 0.05) is 31.7 Å². The summed E-state index contributed by atoms with van der Waals surface area (Å²) in [6.07, 6.45) is 5.76. The molecule has 29 heavy (non-hydrogen) atoms. The Hall–Kier alpha value is -0.330. The van der Waals surface area contributed by atoms with Crippen LogP contribution >= 0.6 is 71.4 Å². The minimum Gasteiger partial charge on any atom is -0.311 e. The third kappa shape index (κ3) is 5.88. The van der Waals surface area contributed by atoms with Gasteiger partial charge in [0.05, 0.1) is 0 Å². The van der Waals surface area contributed by atoms with Gasteiger partial charge in [0.15, 0.2) is 0 Å². The van der Waals surface area contributed by atoms with E-state index in [0.717, 1.165) is 26.9 Å². The summed E-state index contributed by atoms with van der Waals surface area (Å²) in [5.41, 5.74) is 3.09. The van der Waals surface area contributed by atoms with Crippen LogP contribution in [0.4, 0.5) is 17.1 Å². The summed E-state index contributed by atoms with van der Waals surface area (Å²) in [7, 11) is 21.7. The molecule has 1 nitrogen and oxygen atoms in total. The van der Waals surface area contributed by atoms with Crippen LogP contribution < -0.4 is 4.90 Å². The molecule has 0 unspecified atom stereocenters. The number of halogens is 4. The van der Waals surface area contributed by atoms with E-state index < -0.39 is 16.9 Å². The SMILES string of the molecule is CSc1ccc(N(c2ccc(S(C)(Cl)Cl)cc2)c2ccc(S(C)(Cl)Cl)cc2)cc1. The van der Waals surface area contributed by atoms with Gasteiger partial charge >= 0.3 is 0 Å². The van der Waals surface area contributed by atoms with Crippen LogP contribution in [-0.2, 0) is 0 Å². The fraction of sp³-hybridized carbons (Fsp3) is 0.143. The maximum Gasteiger partial charge on any atom is 0.0462 e. The molecule has 0 aromatic heterocycles. The molecule has 0 spiro atoms. The summed E-state index contributed by atoms with van der Waals surface area (Å²) in [4.78, 5) is 5.26. The summed E-state index contributed by atoms with van der Waals surface area (Å²) in [6.45, 7) is 0. The van der Waals surface area contributed by atoms with Crippen LogP contribution in [0.3, 0.4) is 0 Å². The lowest BCUT2D eigenvalue weighted by Gasteiger charge is -2.28. The molecule has 8 heteroatoms. The first kappa shape index (κ1) is 23.3. The zero-order valence-electron chi connectivity index (χ0n) is 16.1. The number of thioether (sulfide) groups is 1. The lowest BCUT2D eigenvalue weighted by Crippen LogP contribution is -2.10. The van der Waals surface area contributed by atoms with E-state index in [4.69, 9.17) is 42.7 Å². The Kier molecular flexibility index (Phi) is 7.59. The standard InChI is InChI=1S/C21H21Cl4NS3/c1-27-19-10-4-16(5-11-19)26(17-6-12-20(13-7-17)28(2,22)23)18-8-14-21(15-9-18)29(3,24)25/h4-15H,1-3H3. The molecular formula is C21H21Cl4NS3. The average Bonchev–Trinajstić information content (AvgIpc) is 2.68. The second-order valence-electron chi connectivity index (χ2n) is 6.47. The normalized spacial score (nSPS) is 13.2. The molecule has 0 heterocycles. The first-order chi connectivity index (χ1) is 13.6. The zero-order chi connectivity index (χ0) is 21.2. The van der Waals surface area contributed by atoms with Gasteiger partial charge in [0.2, 0.25) is 0 Å². The number of benzene rings is 3. The molecule has 3 rings (SSSR count). The highest BCUT2D eigenvalue weighted by Gasteiger charge is 2.18. The fourth-order valence-corrected chi connectivity index (χ4v) is 5.72. The maximum absolute atomic E-state index is 6.33. The lowest BCUT2D eigenvalue weighted by atomic mass is 10.2. The van der Waals surface area contributed by atoms with E-state index in [9.17, 15) is 0 Å². The van der Waals surface area contributed by atoms with Gasteiger partial charge in [-0.25, -0.2) is 0 Å². The lowest BCUT2D eigenvalue weighted by molar-refractivity contribution is 1.25. The largest absolute Gasteiger partial charge is 0.311 e. The van der Waals surface area contributed by atoms with Gasteiger partial charge in [0.1, 0.15) is 0 Å². The third-order valence-electron chi connectivity index (χ3n) is 4.35. The van der Waals surface area contributed by atoms with E-state index in [2.05, 4.69) is 35.4 Å². The molecule has 0 aliphatic heterocycles. The van der Waals surface area contributed by atoms with Crippen molar-refractivity contribution in [3.05, 3.63) is 72.8 Å². The fourth-order valence-electron chi connectivity index (χ4n) is 2.85. The van der Waals surface area contributed by atoms with Crippen molar-refractivity contribution in [3.8, 4) is 0 Å². The van der Waals surface area contributed by atoms with E-state index >= 15 is 0 Å². The average molecular weight is 525 g/mol. The molecule has 0 amide bonds. The minimum atomic E-state index is -1.81. The number of hydrogen-bond acceptors (Lipinski definition) is 2. The van der Waals surface area contributed by atoms with Crippen molar-refractivity contribution in [2.45, 2.75) is 14.7 Å². The van der Waals surface area contributed by atoms with E-state index in [1.54, 1.807) is 11.8 Å². The van der Waals surface area contributed by atoms with Crippen LogP contribution in [0.15, 0.2) is 87.5 Å². The summed E-state index contributed by atoms with van der Waals surface area (Å²) < 4.78 is 0. The molecule has 0 radical (unpaired) electrons. The van der Waals surface area contributed by atoms with E-state index in [-0.39, 0.29) is 0 Å². The second kappa shape index (κ2) is 9.44. The first-order valence-electron chi connectivity index (χ1n) is 8.59. The second-order valence-corrected chi connectivity index (χ2v) is 19.6. The van der Waals surface area contributed by atoms with Crippen LogP contribution in [0.2, 0.25) is 0 Å². The summed E-state index contributed by atoms with van der Waals surface area (Å²) in [5, 5.41) is 0. The maximum atomic E-state index is 6.33. The topological polar surface area (TPSA) is 3.24 Å². The van der Waals surface area contributed by atoms with Crippen LogP contribution in [0.1, 0.15) is 0 Å². The summed E-state index contributed by atoms with van der Waals surface area (Å²) in [5.74, 6) is 0. The molecule has 0 saturated carbocycles. The monoisotopic (exact) mass is 523 g/mol. The Morgan fingerprint density at radius 1 is 0.586 bits per heavy atom. The molecule has 0 aliphatic rings. The highest BCUT2D eigenvalue weighted by atomic mass is 36.0. The summed E-state index contributed by atoms with van der Waals surface area (Å²) >= 11 is 1.72. The van der Waals surface area contributed by atoms with Crippen molar-refractivity contribution in [2.75, 3.05) is 23.7 Å². The summed E-state index contributed by atoms with van der Waals surface area (Å²) in [6, 6.07) is 24.6. The van der Waals surface area contributed by atoms with Gasteiger partial charge in [-0.3, -0.25) is 0 Å². The van der Waals surface area contributed by atoms with Crippen LogP contribution in [-0.4, -0.2) is 18.8 Å². The first-order valence-corrected chi connectivity index (χ1v) is 17.2. The quantitative estimate of drug-likeness (QED) is 0.295. The van der Waals surface area contributed by atoms with Gasteiger partial charge in [-0.05, 0) is 134 Å². The number of anilines is 3. The van der Waals surface area contributed by atoms with Crippen LogP contribution in [0.5, 0.6) is 0 Å². The highest BCUT2D eigenvalue weighted by Crippen LogP contribution is 2.63. The molecule has 0 N–H and O–H groups in total. The Morgan fingerprint density at radius 3 is 1.17 bits per heavy atom. The van der Waals surface area contributed by atoms with Gasteiger partial charge in [0.25, 0.3) is 0 Å². The van der Waals surface area contributed by atoms with Crippen LogP contribution in [0, 0.1) is 0 Å². The molecule has 0 aliphatic carbocycles. The highest BCUT2D eigenvalue weighted by molar-refractivity contribution is 8.65. The predicted octanol–water partition coefficient (Wildman–Crippen LogP) is 10.1. The number of rotatable bonds is 6. The molecule has 3 aromatic rings. The van der Waals surface area contributed by atoms with Crippen molar-refractivity contribution in [2.24, 2.45) is 0 Å². The van der Waals surface area contributed by atoms with Gasteiger partial charge in [-0.1, -0.05) is 16.9 Å². The van der Waals surface area contributed by atoms with Crippen molar-refractivity contribution in [1.29, 1.82) is 0 Å². The van der Waals surface area contributed by atoms with Gasteiger partial charge in [-0.2, -0.15) is 0 Å². The van der Waals surface area contributed by atoms with Crippen molar-refractivity contribution >= 4 is 88.5 Å². The van der Waals surface area contributed by atoms with Gasteiger partial charge < -0.3 is 4.90 Å². The Labute approximate surface area is 198 Å². The molecule has 0 saturated heterocycles. The van der Waals surface area contributed by atoms with Crippen molar-refractivity contribution < 1.29 is 0 Å². The molecule has 0 fully saturated rings. The van der Waals surface area contributed by atoms with Crippen LogP contribution in [0.25, 0.3) is 0 Å². The van der Waals surface area contributed by atoms with Gasteiger partial charge in [-0.15, -0.1) is 11.8 Å². The van der Waals surface area contributed by atoms with E-state index in [0.29, 0.717) is 0 Å². The smallest absolute Gasteiger partial charge is 0.0462 e. The molecular weight excluding hydrogens is 504 g/mol. The van der Waals surface area contributed by atoms with Crippen molar-refractivity contribution in [1.82, 2.24) is 0 Å². The van der Waals surface area contributed by atoms with E-state index in [1.165, 1.54) is 4.90 Å². The Balaban J connectivity index is 2.06. The zero-order valence-corrected chi connectivity index (χ0v) is 21.6. The Morgan fingerprint density at radius 2 is 0.897 bits per heavy atom. The predicted molar refractivity (Wildman–Crippen MR) is 140 cm³/mol. The number of nitrogens with zero attached hydrogens (tertiary/aromatic N) is 1. The molecule has 0 atom stereocenters. The minimum absolute atomic E-state index is 0.932. The molecule has 0 bridgehead atoms. The molecule has 3 aromatic carbocycles. The van der Waals surface area contributed by atoms with E-state index in [1.807, 2.05) is 61.0 Å². The Bertz CT molecular complexity index is 890. The van der Waals surface area contributed by atoms with Crippen molar-refractivity contribution in [3.63, 3.8) is 0 Å². The number of hydrogen-bond donors (Lipinski definition) is 0. The third-order valence-corrected chi connectivity index (χ3v) is 9.43.